The SMILES string of the molecule is CCc1ccc(C(=O)NNC(=O)COc2ccc(C(C)C)cc2)cc1. The molecule has 0 aliphatic carbocycles. The summed E-state index contributed by atoms with van der Waals surface area (Å²) in [4.78, 5) is 23.7. The van der Waals surface area contributed by atoms with Crippen molar-refractivity contribution in [2.75, 3.05) is 6.61 Å². The van der Waals surface area contributed by atoms with Gasteiger partial charge in [0.2, 0.25) is 0 Å². The zero-order chi connectivity index (χ0) is 18.2. The van der Waals surface area contributed by atoms with E-state index in [0.29, 0.717) is 17.2 Å². The molecule has 0 saturated heterocycles. The van der Waals surface area contributed by atoms with Crippen LogP contribution in [0.4, 0.5) is 0 Å². The number of aryl methyl sites for hydroxylation is 1. The third kappa shape index (κ3) is 5.64. The van der Waals surface area contributed by atoms with Crippen molar-refractivity contribution in [2.45, 2.75) is 33.1 Å². The van der Waals surface area contributed by atoms with Gasteiger partial charge in [0.15, 0.2) is 6.61 Å². The normalized spacial score (nSPS) is 10.4. The van der Waals surface area contributed by atoms with Crippen LogP contribution in [0.25, 0.3) is 0 Å². The number of amides is 2. The molecular weight excluding hydrogens is 316 g/mol. The molecule has 0 aromatic heterocycles. The Morgan fingerprint density at radius 3 is 2.16 bits per heavy atom. The highest BCUT2D eigenvalue weighted by Gasteiger charge is 2.08. The average Bonchev–Trinajstić information content (AvgIpc) is 2.64. The minimum atomic E-state index is -0.425. The monoisotopic (exact) mass is 340 g/mol. The molecule has 2 aromatic rings. The van der Waals surface area contributed by atoms with Gasteiger partial charge in [0.05, 0.1) is 0 Å². The fourth-order valence-electron chi connectivity index (χ4n) is 2.22. The van der Waals surface area contributed by atoms with Crippen LogP contribution < -0.4 is 15.6 Å². The van der Waals surface area contributed by atoms with E-state index in [9.17, 15) is 9.59 Å². The van der Waals surface area contributed by atoms with Crippen LogP contribution in [0.1, 0.15) is 48.2 Å². The van der Waals surface area contributed by atoms with Crippen molar-refractivity contribution < 1.29 is 14.3 Å². The number of carbonyl (C=O) groups excluding carboxylic acids is 2. The Kier molecular flexibility index (Phi) is 6.57. The van der Waals surface area contributed by atoms with Crippen LogP contribution in [0.2, 0.25) is 0 Å². The Labute approximate surface area is 148 Å². The van der Waals surface area contributed by atoms with E-state index in [1.165, 1.54) is 5.56 Å². The Hall–Kier alpha value is -2.82. The lowest BCUT2D eigenvalue weighted by molar-refractivity contribution is -0.123. The standard InChI is InChI=1S/C20H24N2O3/c1-4-15-5-7-17(8-6-15)20(24)22-21-19(23)13-25-18-11-9-16(10-12-18)14(2)3/h5-12,14H,4,13H2,1-3H3,(H,21,23)(H,22,24). The molecule has 5 nitrogen and oxygen atoms in total. The molecular formula is C20H24N2O3. The number of hydrazine groups is 1. The lowest BCUT2D eigenvalue weighted by atomic mass is 10.0. The Bertz CT molecular complexity index is 707. The van der Waals surface area contributed by atoms with E-state index in [-0.39, 0.29) is 12.5 Å². The molecule has 0 aliphatic rings. The second-order valence-electron chi connectivity index (χ2n) is 6.07. The summed E-state index contributed by atoms with van der Waals surface area (Å²) in [6.07, 6.45) is 0.911. The molecule has 2 aromatic carbocycles. The lowest BCUT2D eigenvalue weighted by Gasteiger charge is -2.10. The van der Waals surface area contributed by atoms with Gasteiger partial charge in [-0.25, -0.2) is 0 Å². The van der Waals surface area contributed by atoms with Crippen molar-refractivity contribution in [2.24, 2.45) is 0 Å². The topological polar surface area (TPSA) is 67.4 Å². The number of carbonyl (C=O) groups is 2. The van der Waals surface area contributed by atoms with Crippen LogP contribution in [-0.4, -0.2) is 18.4 Å². The van der Waals surface area contributed by atoms with Gasteiger partial charge >= 0.3 is 0 Å². The third-order valence-electron chi connectivity index (χ3n) is 3.86. The maximum Gasteiger partial charge on any atom is 0.276 e. The van der Waals surface area contributed by atoms with Gasteiger partial charge in [0.1, 0.15) is 5.75 Å². The second-order valence-corrected chi connectivity index (χ2v) is 6.07. The molecule has 0 fully saturated rings. The van der Waals surface area contributed by atoms with Crippen LogP contribution in [0.15, 0.2) is 48.5 Å². The first-order chi connectivity index (χ1) is 12.0. The maximum absolute atomic E-state index is 12.0. The first-order valence-corrected chi connectivity index (χ1v) is 8.40. The van der Waals surface area contributed by atoms with E-state index in [2.05, 4.69) is 24.7 Å². The molecule has 0 saturated carbocycles. The van der Waals surface area contributed by atoms with E-state index in [1.807, 2.05) is 43.3 Å². The summed E-state index contributed by atoms with van der Waals surface area (Å²) in [5.74, 6) is 0.267. The molecule has 0 spiro atoms. The van der Waals surface area contributed by atoms with E-state index >= 15 is 0 Å². The number of rotatable bonds is 6. The zero-order valence-corrected chi connectivity index (χ0v) is 14.8. The number of hydrogen-bond acceptors (Lipinski definition) is 3. The van der Waals surface area contributed by atoms with Gasteiger partial charge in [-0.2, -0.15) is 0 Å². The van der Waals surface area contributed by atoms with Crippen molar-refractivity contribution in [1.82, 2.24) is 10.9 Å². The van der Waals surface area contributed by atoms with Gasteiger partial charge in [-0.05, 0) is 47.7 Å². The van der Waals surface area contributed by atoms with Crippen molar-refractivity contribution in [3.63, 3.8) is 0 Å². The predicted octanol–water partition coefficient (Wildman–Crippen LogP) is 3.21. The van der Waals surface area contributed by atoms with Crippen molar-refractivity contribution >= 4 is 11.8 Å². The molecule has 132 valence electrons. The van der Waals surface area contributed by atoms with Gasteiger partial charge in [-0.3, -0.25) is 20.4 Å². The fraction of sp³-hybridized carbons (Fsp3) is 0.300. The summed E-state index contributed by atoms with van der Waals surface area (Å²) in [5, 5.41) is 0. The molecule has 2 amide bonds. The van der Waals surface area contributed by atoms with Crippen LogP contribution >= 0.6 is 0 Å². The fourth-order valence-corrected chi connectivity index (χ4v) is 2.22. The molecule has 2 rings (SSSR count). The first-order valence-electron chi connectivity index (χ1n) is 8.40. The quantitative estimate of drug-likeness (QED) is 0.794. The van der Waals surface area contributed by atoms with Crippen LogP contribution in [0, 0.1) is 0 Å². The zero-order valence-electron chi connectivity index (χ0n) is 14.8. The number of ether oxygens (including phenoxy) is 1. The van der Waals surface area contributed by atoms with Gasteiger partial charge in [0.25, 0.3) is 11.8 Å². The second kappa shape index (κ2) is 8.87. The van der Waals surface area contributed by atoms with Gasteiger partial charge < -0.3 is 4.74 Å². The number of benzene rings is 2. The minimum Gasteiger partial charge on any atom is -0.484 e. The van der Waals surface area contributed by atoms with Crippen LogP contribution in [0.3, 0.4) is 0 Å². The first kappa shape index (κ1) is 18.5. The molecule has 2 N–H and O–H groups in total. The highest BCUT2D eigenvalue weighted by molar-refractivity contribution is 5.95. The Morgan fingerprint density at radius 1 is 0.960 bits per heavy atom. The molecule has 25 heavy (non-hydrogen) atoms. The molecule has 0 atom stereocenters. The summed E-state index contributed by atoms with van der Waals surface area (Å²) in [6, 6.07) is 14.8. The lowest BCUT2D eigenvalue weighted by Crippen LogP contribution is -2.43. The van der Waals surface area contributed by atoms with Gasteiger partial charge in [-0.1, -0.05) is 45.0 Å². The maximum atomic E-state index is 12.0. The Balaban J connectivity index is 1.77. The van der Waals surface area contributed by atoms with E-state index in [4.69, 9.17) is 4.74 Å². The van der Waals surface area contributed by atoms with E-state index < -0.39 is 5.91 Å². The summed E-state index contributed by atoms with van der Waals surface area (Å²) in [6.45, 7) is 6.10. The molecule has 5 heteroatoms. The van der Waals surface area contributed by atoms with E-state index in [1.54, 1.807) is 12.1 Å². The molecule has 0 heterocycles. The molecule has 0 bridgehead atoms. The van der Waals surface area contributed by atoms with Crippen molar-refractivity contribution in [3.8, 4) is 5.75 Å². The third-order valence-corrected chi connectivity index (χ3v) is 3.86. The van der Waals surface area contributed by atoms with Crippen LogP contribution in [-0.2, 0) is 11.2 Å². The molecule has 0 radical (unpaired) electrons. The highest BCUT2D eigenvalue weighted by Crippen LogP contribution is 2.18. The molecule has 0 unspecified atom stereocenters. The van der Waals surface area contributed by atoms with Crippen LogP contribution in [0.5, 0.6) is 5.75 Å². The Morgan fingerprint density at radius 2 is 1.60 bits per heavy atom. The summed E-state index contributed by atoms with van der Waals surface area (Å²) < 4.78 is 5.41. The highest BCUT2D eigenvalue weighted by atomic mass is 16.5. The minimum absolute atomic E-state index is 0.171. The predicted molar refractivity (Wildman–Crippen MR) is 97.5 cm³/mol. The van der Waals surface area contributed by atoms with Gasteiger partial charge in [0, 0.05) is 5.56 Å². The summed E-state index contributed by atoms with van der Waals surface area (Å²) in [7, 11) is 0. The largest absolute Gasteiger partial charge is 0.484 e. The van der Waals surface area contributed by atoms with Crippen molar-refractivity contribution in [3.05, 3.63) is 65.2 Å². The average molecular weight is 340 g/mol. The van der Waals surface area contributed by atoms with Crippen molar-refractivity contribution in [1.29, 1.82) is 0 Å². The number of hydrogen-bond donors (Lipinski definition) is 2. The van der Waals surface area contributed by atoms with E-state index in [0.717, 1.165) is 12.0 Å². The smallest absolute Gasteiger partial charge is 0.276 e. The summed E-state index contributed by atoms with van der Waals surface area (Å²) >= 11 is 0. The molecule has 0 aliphatic heterocycles. The summed E-state index contributed by atoms with van der Waals surface area (Å²) in [5.41, 5.74) is 7.57. The number of nitrogens with one attached hydrogen (secondary N) is 2. The van der Waals surface area contributed by atoms with Gasteiger partial charge in [-0.15, -0.1) is 0 Å².